The third kappa shape index (κ3) is 6.66. The van der Waals surface area contributed by atoms with E-state index in [1.807, 2.05) is 0 Å². The van der Waals surface area contributed by atoms with Crippen LogP contribution in [0.2, 0.25) is 0 Å². The third-order valence-corrected chi connectivity index (χ3v) is 2.16. The molecule has 16 heavy (non-hydrogen) atoms. The first-order valence-corrected chi connectivity index (χ1v) is 4.91. The molecule has 0 aliphatic rings. The Hall–Kier alpha value is -0.780. The minimum atomic E-state index is -4.36. The van der Waals surface area contributed by atoms with Crippen LogP contribution in [0, 0.1) is 11.3 Å². The van der Waals surface area contributed by atoms with Crippen LogP contribution in [-0.2, 0) is 9.53 Å². The van der Waals surface area contributed by atoms with Crippen molar-refractivity contribution in [3.05, 3.63) is 0 Å². The second kappa shape index (κ2) is 5.52. The van der Waals surface area contributed by atoms with Crippen molar-refractivity contribution in [1.82, 2.24) is 0 Å². The van der Waals surface area contributed by atoms with Gasteiger partial charge in [-0.25, -0.2) is 0 Å². The number of carboxylic acid groups (broad SMARTS) is 1. The normalized spacial score (nSPS) is 14.9. The number of halogens is 3. The van der Waals surface area contributed by atoms with Gasteiger partial charge in [0.15, 0.2) is 0 Å². The molecule has 0 aliphatic carbocycles. The van der Waals surface area contributed by atoms with E-state index in [1.165, 1.54) is 0 Å². The molecular weight excluding hydrogens is 225 g/mol. The average molecular weight is 242 g/mol. The van der Waals surface area contributed by atoms with Gasteiger partial charge in [0, 0.05) is 6.61 Å². The van der Waals surface area contributed by atoms with Crippen molar-refractivity contribution < 1.29 is 27.8 Å². The molecule has 0 amide bonds. The second-order valence-electron chi connectivity index (χ2n) is 4.71. The number of rotatable bonds is 5. The summed E-state index contributed by atoms with van der Waals surface area (Å²) in [6, 6.07) is 0. The van der Waals surface area contributed by atoms with Crippen LogP contribution in [0.5, 0.6) is 0 Å². The number of carboxylic acids is 1. The zero-order valence-electron chi connectivity index (χ0n) is 9.60. The lowest BCUT2D eigenvalue weighted by Gasteiger charge is -2.26. The van der Waals surface area contributed by atoms with Crippen molar-refractivity contribution in [2.24, 2.45) is 11.3 Å². The van der Waals surface area contributed by atoms with E-state index in [0.29, 0.717) is 0 Å². The highest BCUT2D eigenvalue weighted by molar-refractivity contribution is 5.70. The summed E-state index contributed by atoms with van der Waals surface area (Å²) >= 11 is 0. The number of carbonyl (C=O) groups is 1. The van der Waals surface area contributed by atoms with E-state index in [4.69, 9.17) is 5.11 Å². The first kappa shape index (κ1) is 15.2. The average Bonchev–Trinajstić information content (AvgIpc) is 1.97. The largest absolute Gasteiger partial charge is 0.481 e. The van der Waals surface area contributed by atoms with Crippen LogP contribution < -0.4 is 0 Å². The van der Waals surface area contributed by atoms with Crippen molar-refractivity contribution in [2.75, 3.05) is 13.2 Å². The van der Waals surface area contributed by atoms with Crippen LogP contribution in [-0.4, -0.2) is 30.5 Å². The summed E-state index contributed by atoms with van der Waals surface area (Å²) in [5, 5.41) is 8.89. The molecule has 0 radical (unpaired) electrons. The third-order valence-electron chi connectivity index (χ3n) is 2.16. The summed E-state index contributed by atoms with van der Waals surface area (Å²) in [5.41, 5.74) is -0.493. The molecule has 0 aromatic rings. The molecule has 0 aliphatic heterocycles. The van der Waals surface area contributed by atoms with Crippen LogP contribution in [0.4, 0.5) is 13.2 Å². The van der Waals surface area contributed by atoms with Crippen LogP contribution in [0.3, 0.4) is 0 Å². The van der Waals surface area contributed by atoms with E-state index in [-0.39, 0.29) is 13.0 Å². The highest BCUT2D eigenvalue weighted by Gasteiger charge is 2.32. The van der Waals surface area contributed by atoms with Gasteiger partial charge in [-0.05, 0) is 11.8 Å². The Morgan fingerprint density at radius 1 is 1.31 bits per heavy atom. The lowest BCUT2D eigenvalue weighted by atomic mass is 9.79. The van der Waals surface area contributed by atoms with Crippen LogP contribution >= 0.6 is 0 Å². The fourth-order valence-electron chi connectivity index (χ4n) is 1.32. The molecule has 0 saturated heterocycles. The smallest absolute Gasteiger partial charge is 0.411 e. The van der Waals surface area contributed by atoms with Crippen LogP contribution in [0.25, 0.3) is 0 Å². The fourth-order valence-corrected chi connectivity index (χ4v) is 1.32. The van der Waals surface area contributed by atoms with Gasteiger partial charge < -0.3 is 9.84 Å². The first-order valence-electron chi connectivity index (χ1n) is 4.91. The minimum Gasteiger partial charge on any atom is -0.481 e. The molecule has 0 bridgehead atoms. The highest BCUT2D eigenvalue weighted by Crippen LogP contribution is 2.29. The topological polar surface area (TPSA) is 46.5 Å². The summed E-state index contributed by atoms with van der Waals surface area (Å²) in [6.07, 6.45) is -4.28. The zero-order chi connectivity index (χ0) is 13.0. The molecule has 0 heterocycles. The maximum absolute atomic E-state index is 11.7. The summed E-state index contributed by atoms with van der Waals surface area (Å²) in [7, 11) is 0. The van der Waals surface area contributed by atoms with Crippen molar-refractivity contribution in [3.63, 3.8) is 0 Å². The number of hydrogen-bond donors (Lipinski definition) is 1. The molecule has 1 atom stereocenters. The summed E-state index contributed by atoms with van der Waals surface area (Å²) in [6.45, 7) is 3.66. The molecule has 1 N–H and O–H groups in total. The summed E-state index contributed by atoms with van der Waals surface area (Å²) in [5.74, 6) is -1.72. The highest BCUT2D eigenvalue weighted by atomic mass is 19.4. The number of aliphatic carboxylic acids is 1. The number of ether oxygens (including phenoxy) is 1. The van der Waals surface area contributed by atoms with E-state index >= 15 is 0 Å². The summed E-state index contributed by atoms with van der Waals surface area (Å²) in [4.78, 5) is 10.9. The second-order valence-corrected chi connectivity index (χ2v) is 4.71. The predicted molar refractivity (Wildman–Crippen MR) is 52.1 cm³/mol. The first-order chi connectivity index (χ1) is 7.04. The van der Waals surface area contributed by atoms with Gasteiger partial charge >= 0.3 is 12.1 Å². The van der Waals surface area contributed by atoms with Gasteiger partial charge in [-0.3, -0.25) is 4.79 Å². The standard InChI is InChI=1S/C10H17F3O3/c1-9(2,3)7(8(14)15)4-5-16-6-10(11,12)13/h7H,4-6H2,1-3H3,(H,14,15). The Morgan fingerprint density at radius 3 is 2.12 bits per heavy atom. The Kier molecular flexibility index (Phi) is 5.25. The Bertz CT molecular complexity index is 230. The maximum Gasteiger partial charge on any atom is 0.411 e. The molecule has 3 nitrogen and oxygen atoms in total. The molecular formula is C10H17F3O3. The lowest BCUT2D eigenvalue weighted by Crippen LogP contribution is -2.30. The number of alkyl halides is 3. The minimum absolute atomic E-state index is 0.0783. The SMILES string of the molecule is CC(C)(C)C(CCOCC(F)(F)F)C(=O)O. The van der Waals surface area contributed by atoms with Crippen molar-refractivity contribution in [1.29, 1.82) is 0 Å². The molecule has 0 rings (SSSR count). The van der Waals surface area contributed by atoms with E-state index in [2.05, 4.69) is 4.74 Å². The molecule has 0 fully saturated rings. The van der Waals surface area contributed by atoms with Crippen molar-refractivity contribution in [2.45, 2.75) is 33.4 Å². The van der Waals surface area contributed by atoms with Gasteiger partial charge in [0.05, 0.1) is 5.92 Å². The van der Waals surface area contributed by atoms with Crippen molar-refractivity contribution in [3.8, 4) is 0 Å². The van der Waals surface area contributed by atoms with Gasteiger partial charge in [0.1, 0.15) is 6.61 Å². The van der Waals surface area contributed by atoms with Gasteiger partial charge in [0.25, 0.3) is 0 Å². The van der Waals surface area contributed by atoms with Crippen LogP contribution in [0.15, 0.2) is 0 Å². The zero-order valence-corrected chi connectivity index (χ0v) is 9.60. The monoisotopic (exact) mass is 242 g/mol. The van der Waals surface area contributed by atoms with E-state index in [9.17, 15) is 18.0 Å². The maximum atomic E-state index is 11.7. The van der Waals surface area contributed by atoms with Gasteiger partial charge in [-0.1, -0.05) is 20.8 Å². The molecule has 6 heteroatoms. The molecule has 0 aromatic carbocycles. The molecule has 0 saturated carbocycles. The van der Waals surface area contributed by atoms with E-state index in [1.54, 1.807) is 20.8 Å². The predicted octanol–water partition coefficient (Wildman–Crippen LogP) is 2.70. The van der Waals surface area contributed by atoms with Gasteiger partial charge in [0.2, 0.25) is 0 Å². The fraction of sp³-hybridized carbons (Fsp3) is 0.900. The molecule has 1 unspecified atom stereocenters. The quantitative estimate of drug-likeness (QED) is 0.754. The molecule has 0 spiro atoms. The Morgan fingerprint density at radius 2 is 1.81 bits per heavy atom. The van der Waals surface area contributed by atoms with Crippen molar-refractivity contribution >= 4 is 5.97 Å². The van der Waals surface area contributed by atoms with Gasteiger partial charge in [-0.15, -0.1) is 0 Å². The number of hydrogen-bond acceptors (Lipinski definition) is 2. The molecule has 0 aromatic heterocycles. The van der Waals surface area contributed by atoms with E-state index in [0.717, 1.165) is 0 Å². The Balaban J connectivity index is 4.02. The lowest BCUT2D eigenvalue weighted by molar-refractivity contribution is -0.175. The van der Waals surface area contributed by atoms with Crippen LogP contribution in [0.1, 0.15) is 27.2 Å². The molecule has 96 valence electrons. The van der Waals surface area contributed by atoms with Gasteiger partial charge in [-0.2, -0.15) is 13.2 Å². The van der Waals surface area contributed by atoms with E-state index < -0.39 is 30.1 Å². The Labute approximate surface area is 92.6 Å². The summed E-state index contributed by atoms with van der Waals surface area (Å²) < 4.78 is 39.6.